The van der Waals surface area contributed by atoms with E-state index in [1.54, 1.807) is 0 Å². The molecule has 1 fully saturated rings. The smallest absolute Gasteiger partial charge is 0.0591 e. The Hall–Kier alpha value is -0.0800. The third-order valence-electron chi connectivity index (χ3n) is 3.66. The van der Waals surface area contributed by atoms with E-state index in [4.69, 9.17) is 4.74 Å². The van der Waals surface area contributed by atoms with Gasteiger partial charge in [-0.1, -0.05) is 26.7 Å². The standard InChI is InChI=1S/C14H29NO/c1-12(2)8-10-16-11-9-15-13(3)14-6-4-5-7-14/h12-15H,4-11H2,1-3H3/t13-/m1/s1. The van der Waals surface area contributed by atoms with Crippen molar-refractivity contribution >= 4 is 0 Å². The number of rotatable bonds is 8. The van der Waals surface area contributed by atoms with Gasteiger partial charge in [-0.05, 0) is 38.0 Å². The molecule has 0 spiro atoms. The van der Waals surface area contributed by atoms with E-state index < -0.39 is 0 Å². The molecule has 16 heavy (non-hydrogen) atoms. The molecule has 0 heterocycles. The zero-order chi connectivity index (χ0) is 11.8. The molecule has 1 atom stereocenters. The lowest BCUT2D eigenvalue weighted by molar-refractivity contribution is 0.122. The zero-order valence-electron chi connectivity index (χ0n) is 11.3. The summed E-state index contributed by atoms with van der Waals surface area (Å²) >= 11 is 0. The van der Waals surface area contributed by atoms with Crippen molar-refractivity contribution in [3.8, 4) is 0 Å². The Morgan fingerprint density at radius 3 is 2.44 bits per heavy atom. The van der Waals surface area contributed by atoms with Crippen molar-refractivity contribution in [2.75, 3.05) is 19.8 Å². The lowest BCUT2D eigenvalue weighted by Crippen LogP contribution is -2.34. The summed E-state index contributed by atoms with van der Waals surface area (Å²) in [5, 5.41) is 3.59. The molecule has 2 heteroatoms. The molecule has 1 aliphatic carbocycles. The van der Waals surface area contributed by atoms with Gasteiger partial charge in [0.15, 0.2) is 0 Å². The van der Waals surface area contributed by atoms with Crippen LogP contribution in [-0.2, 0) is 4.74 Å². The Morgan fingerprint density at radius 1 is 1.12 bits per heavy atom. The maximum Gasteiger partial charge on any atom is 0.0591 e. The average molecular weight is 227 g/mol. The van der Waals surface area contributed by atoms with Crippen LogP contribution in [-0.4, -0.2) is 25.8 Å². The third kappa shape index (κ3) is 5.86. The fraction of sp³-hybridized carbons (Fsp3) is 1.00. The van der Waals surface area contributed by atoms with Gasteiger partial charge in [-0.15, -0.1) is 0 Å². The highest BCUT2D eigenvalue weighted by Crippen LogP contribution is 2.27. The first-order chi connectivity index (χ1) is 7.70. The first-order valence-corrected chi connectivity index (χ1v) is 7.01. The van der Waals surface area contributed by atoms with Crippen LogP contribution in [0.5, 0.6) is 0 Å². The largest absolute Gasteiger partial charge is 0.380 e. The van der Waals surface area contributed by atoms with Crippen molar-refractivity contribution in [3.05, 3.63) is 0 Å². The van der Waals surface area contributed by atoms with Crippen molar-refractivity contribution in [1.82, 2.24) is 5.32 Å². The maximum atomic E-state index is 5.60. The second kappa shape index (κ2) is 8.08. The summed E-state index contributed by atoms with van der Waals surface area (Å²) in [6.45, 7) is 9.59. The van der Waals surface area contributed by atoms with Crippen LogP contribution in [0, 0.1) is 11.8 Å². The molecular weight excluding hydrogens is 198 g/mol. The van der Waals surface area contributed by atoms with Gasteiger partial charge in [-0.3, -0.25) is 0 Å². The molecule has 0 aromatic carbocycles. The molecule has 1 rings (SSSR count). The van der Waals surface area contributed by atoms with E-state index in [0.717, 1.165) is 31.6 Å². The SMILES string of the molecule is CC(C)CCOCCN[C@H](C)C1CCCC1. The van der Waals surface area contributed by atoms with Crippen LogP contribution in [0.3, 0.4) is 0 Å². The summed E-state index contributed by atoms with van der Waals surface area (Å²) in [4.78, 5) is 0. The number of hydrogen-bond donors (Lipinski definition) is 1. The van der Waals surface area contributed by atoms with E-state index in [1.165, 1.54) is 32.1 Å². The summed E-state index contributed by atoms with van der Waals surface area (Å²) in [5.41, 5.74) is 0. The normalized spacial score (nSPS) is 19.5. The van der Waals surface area contributed by atoms with E-state index >= 15 is 0 Å². The first kappa shape index (κ1) is 14.0. The van der Waals surface area contributed by atoms with E-state index in [2.05, 4.69) is 26.1 Å². The Labute approximate surface area is 101 Å². The molecule has 0 saturated heterocycles. The third-order valence-corrected chi connectivity index (χ3v) is 3.66. The average Bonchev–Trinajstić information content (AvgIpc) is 2.75. The maximum absolute atomic E-state index is 5.60. The van der Waals surface area contributed by atoms with E-state index in [-0.39, 0.29) is 0 Å². The molecule has 1 aliphatic rings. The van der Waals surface area contributed by atoms with E-state index in [0.29, 0.717) is 6.04 Å². The van der Waals surface area contributed by atoms with Gasteiger partial charge >= 0.3 is 0 Å². The predicted molar refractivity (Wildman–Crippen MR) is 69.7 cm³/mol. The van der Waals surface area contributed by atoms with Crippen LogP contribution in [0.15, 0.2) is 0 Å². The highest BCUT2D eigenvalue weighted by molar-refractivity contribution is 4.76. The van der Waals surface area contributed by atoms with Crippen LogP contribution in [0.25, 0.3) is 0 Å². The van der Waals surface area contributed by atoms with Crippen LogP contribution in [0.2, 0.25) is 0 Å². The highest BCUT2D eigenvalue weighted by atomic mass is 16.5. The minimum atomic E-state index is 0.677. The number of nitrogens with one attached hydrogen (secondary N) is 1. The molecule has 2 nitrogen and oxygen atoms in total. The van der Waals surface area contributed by atoms with Gasteiger partial charge in [0.2, 0.25) is 0 Å². The van der Waals surface area contributed by atoms with Gasteiger partial charge in [0, 0.05) is 19.2 Å². The van der Waals surface area contributed by atoms with Crippen molar-refractivity contribution in [3.63, 3.8) is 0 Å². The lowest BCUT2D eigenvalue weighted by Gasteiger charge is -2.20. The second-order valence-corrected chi connectivity index (χ2v) is 5.58. The first-order valence-electron chi connectivity index (χ1n) is 7.01. The van der Waals surface area contributed by atoms with Gasteiger partial charge in [0.25, 0.3) is 0 Å². The fourth-order valence-electron chi connectivity index (χ4n) is 2.40. The minimum Gasteiger partial charge on any atom is -0.380 e. The monoisotopic (exact) mass is 227 g/mol. The molecule has 96 valence electrons. The molecule has 0 amide bonds. The molecule has 1 N–H and O–H groups in total. The van der Waals surface area contributed by atoms with Gasteiger partial charge < -0.3 is 10.1 Å². The summed E-state index contributed by atoms with van der Waals surface area (Å²) in [6, 6.07) is 0.677. The van der Waals surface area contributed by atoms with Crippen molar-refractivity contribution < 1.29 is 4.74 Å². The van der Waals surface area contributed by atoms with Crippen LogP contribution < -0.4 is 5.32 Å². The summed E-state index contributed by atoms with van der Waals surface area (Å²) in [6.07, 6.45) is 6.88. The summed E-state index contributed by atoms with van der Waals surface area (Å²) in [7, 11) is 0. The van der Waals surface area contributed by atoms with E-state index in [1.807, 2.05) is 0 Å². The minimum absolute atomic E-state index is 0.677. The molecule has 0 aliphatic heterocycles. The number of hydrogen-bond acceptors (Lipinski definition) is 2. The Bertz CT molecular complexity index is 164. The molecule has 0 aromatic rings. The van der Waals surface area contributed by atoms with Gasteiger partial charge in [-0.2, -0.15) is 0 Å². The summed E-state index contributed by atoms with van der Waals surface area (Å²) in [5.74, 6) is 1.67. The van der Waals surface area contributed by atoms with Crippen molar-refractivity contribution in [2.24, 2.45) is 11.8 Å². The highest BCUT2D eigenvalue weighted by Gasteiger charge is 2.20. The quantitative estimate of drug-likeness (QED) is 0.643. The second-order valence-electron chi connectivity index (χ2n) is 5.58. The Balaban J connectivity index is 1.90. The van der Waals surface area contributed by atoms with Gasteiger partial charge in [0.1, 0.15) is 0 Å². The number of ether oxygens (including phenoxy) is 1. The molecule has 0 unspecified atom stereocenters. The molecule has 0 radical (unpaired) electrons. The topological polar surface area (TPSA) is 21.3 Å². The van der Waals surface area contributed by atoms with E-state index in [9.17, 15) is 0 Å². The lowest BCUT2D eigenvalue weighted by atomic mass is 10.00. The molecular formula is C14H29NO. The Morgan fingerprint density at radius 2 is 1.81 bits per heavy atom. The zero-order valence-corrected chi connectivity index (χ0v) is 11.3. The van der Waals surface area contributed by atoms with Crippen LogP contribution >= 0.6 is 0 Å². The van der Waals surface area contributed by atoms with Gasteiger partial charge in [0.05, 0.1) is 6.61 Å². The Kier molecular flexibility index (Phi) is 7.06. The van der Waals surface area contributed by atoms with Crippen LogP contribution in [0.1, 0.15) is 52.9 Å². The van der Waals surface area contributed by atoms with Crippen LogP contribution in [0.4, 0.5) is 0 Å². The molecule has 0 bridgehead atoms. The van der Waals surface area contributed by atoms with Gasteiger partial charge in [-0.25, -0.2) is 0 Å². The summed E-state index contributed by atoms with van der Waals surface area (Å²) < 4.78 is 5.60. The molecule has 0 aromatic heterocycles. The fourth-order valence-corrected chi connectivity index (χ4v) is 2.40. The molecule has 1 saturated carbocycles. The predicted octanol–water partition coefficient (Wildman–Crippen LogP) is 3.22. The van der Waals surface area contributed by atoms with Crippen molar-refractivity contribution in [2.45, 2.75) is 58.9 Å². The van der Waals surface area contributed by atoms with Crippen molar-refractivity contribution in [1.29, 1.82) is 0 Å².